The van der Waals surface area contributed by atoms with Gasteiger partial charge in [-0.05, 0) is 38.5 Å². The van der Waals surface area contributed by atoms with Crippen LogP contribution in [-0.4, -0.2) is 33.2 Å². The van der Waals surface area contributed by atoms with E-state index in [4.69, 9.17) is 0 Å². The highest BCUT2D eigenvalue weighted by Crippen LogP contribution is 2.44. The summed E-state index contributed by atoms with van der Waals surface area (Å²) in [6.45, 7) is 0. The molecule has 5 rings (SSSR count). The van der Waals surface area contributed by atoms with Crippen molar-refractivity contribution in [1.82, 2.24) is 15.0 Å². The van der Waals surface area contributed by atoms with Crippen molar-refractivity contribution in [2.75, 3.05) is 10.6 Å². The Bertz CT molecular complexity index is 1010. The van der Waals surface area contributed by atoms with E-state index in [1.807, 2.05) is 0 Å². The van der Waals surface area contributed by atoms with Gasteiger partial charge in [-0.1, -0.05) is 0 Å². The van der Waals surface area contributed by atoms with Crippen molar-refractivity contribution in [3.8, 4) is 0 Å². The minimum Gasteiger partial charge on any atom is -0.380 e. The van der Waals surface area contributed by atoms with Crippen LogP contribution in [0.2, 0.25) is 0 Å². The molecule has 0 bridgehead atoms. The Balaban J connectivity index is 1.74. The second-order valence-electron chi connectivity index (χ2n) is 8.01. The van der Waals surface area contributed by atoms with Gasteiger partial charge in [0.1, 0.15) is 29.2 Å². The van der Waals surface area contributed by atoms with Crippen molar-refractivity contribution in [2.45, 2.75) is 63.2 Å². The Labute approximate surface area is 166 Å². The Kier molecular flexibility index (Phi) is 4.64. The van der Waals surface area contributed by atoms with E-state index in [0.717, 1.165) is 44.6 Å². The van der Waals surface area contributed by atoms with Crippen LogP contribution in [-0.2, 0) is 0 Å². The predicted molar refractivity (Wildman–Crippen MR) is 107 cm³/mol. The SMILES string of the molecule is FC1=CC(F)=C(c2c(NC3CCC3)nc3nccnc3c2NC2CCC2)C(F)C1. The number of anilines is 2. The number of nitrogens with zero attached hydrogens (tertiary/aromatic N) is 3. The maximum atomic E-state index is 15.0. The number of nitrogens with one attached hydrogen (secondary N) is 2. The zero-order valence-corrected chi connectivity index (χ0v) is 15.9. The first-order valence-electron chi connectivity index (χ1n) is 10.2. The van der Waals surface area contributed by atoms with Gasteiger partial charge in [0.15, 0.2) is 5.65 Å². The molecular formula is C21H22F3N5. The fourth-order valence-corrected chi connectivity index (χ4v) is 3.97. The van der Waals surface area contributed by atoms with Gasteiger partial charge < -0.3 is 10.6 Å². The summed E-state index contributed by atoms with van der Waals surface area (Å²) in [4.78, 5) is 13.3. The van der Waals surface area contributed by atoms with Crippen LogP contribution in [0.5, 0.6) is 0 Å². The molecule has 0 amide bonds. The molecule has 0 aliphatic heterocycles. The number of hydrogen-bond acceptors (Lipinski definition) is 5. The van der Waals surface area contributed by atoms with Gasteiger partial charge in [0, 0.05) is 42.5 Å². The average molecular weight is 401 g/mol. The first kappa shape index (κ1) is 18.4. The number of aromatic nitrogens is 3. The van der Waals surface area contributed by atoms with Crippen LogP contribution in [0.4, 0.5) is 24.7 Å². The number of alkyl halides is 1. The van der Waals surface area contributed by atoms with Crippen molar-refractivity contribution in [1.29, 1.82) is 0 Å². The molecule has 1 unspecified atom stereocenters. The van der Waals surface area contributed by atoms with Gasteiger partial charge >= 0.3 is 0 Å². The van der Waals surface area contributed by atoms with Crippen LogP contribution < -0.4 is 10.6 Å². The van der Waals surface area contributed by atoms with Gasteiger partial charge in [-0.25, -0.2) is 28.1 Å². The minimum atomic E-state index is -1.79. The van der Waals surface area contributed by atoms with Crippen molar-refractivity contribution >= 4 is 28.2 Å². The second kappa shape index (κ2) is 7.31. The molecule has 2 aromatic rings. The summed E-state index contributed by atoms with van der Waals surface area (Å²) in [6, 6.07) is 0.403. The number of fused-ring (bicyclic) bond motifs is 1. The highest BCUT2D eigenvalue weighted by molar-refractivity contribution is 5.99. The lowest BCUT2D eigenvalue weighted by molar-refractivity contribution is 0.371. The molecule has 2 aromatic heterocycles. The third-order valence-electron chi connectivity index (χ3n) is 6.02. The molecule has 0 spiro atoms. The maximum absolute atomic E-state index is 15.0. The molecule has 3 aliphatic rings. The van der Waals surface area contributed by atoms with Crippen LogP contribution in [0.15, 0.2) is 30.1 Å². The Morgan fingerprint density at radius 1 is 0.931 bits per heavy atom. The van der Waals surface area contributed by atoms with Gasteiger partial charge in [0.25, 0.3) is 0 Å². The van der Waals surface area contributed by atoms with Crippen molar-refractivity contribution in [2.24, 2.45) is 0 Å². The van der Waals surface area contributed by atoms with E-state index in [2.05, 4.69) is 25.6 Å². The molecule has 5 nitrogen and oxygen atoms in total. The first-order chi connectivity index (χ1) is 14.1. The summed E-state index contributed by atoms with van der Waals surface area (Å²) in [5.74, 6) is -1.32. The molecule has 8 heteroatoms. The first-order valence-corrected chi connectivity index (χ1v) is 10.2. The molecule has 29 heavy (non-hydrogen) atoms. The molecular weight excluding hydrogens is 379 g/mol. The normalized spacial score (nSPS) is 22.9. The molecule has 1 atom stereocenters. The van der Waals surface area contributed by atoms with Crippen LogP contribution in [0.1, 0.15) is 50.5 Å². The Morgan fingerprint density at radius 3 is 2.28 bits per heavy atom. The van der Waals surface area contributed by atoms with Gasteiger partial charge in [-0.15, -0.1) is 0 Å². The molecule has 2 saturated carbocycles. The summed E-state index contributed by atoms with van der Waals surface area (Å²) < 4.78 is 43.5. The van der Waals surface area contributed by atoms with E-state index in [9.17, 15) is 13.2 Å². The summed E-state index contributed by atoms with van der Waals surface area (Å²) in [5.41, 5.74) is 1.55. The highest BCUT2D eigenvalue weighted by Gasteiger charge is 2.33. The Morgan fingerprint density at radius 2 is 1.62 bits per heavy atom. The summed E-state index contributed by atoms with van der Waals surface area (Å²) in [7, 11) is 0. The molecule has 0 aromatic carbocycles. The second-order valence-corrected chi connectivity index (χ2v) is 8.01. The maximum Gasteiger partial charge on any atom is 0.182 e. The van der Waals surface area contributed by atoms with Gasteiger partial charge in [0.05, 0.1) is 11.3 Å². The molecule has 0 radical (unpaired) electrons. The lowest BCUT2D eigenvalue weighted by Crippen LogP contribution is -2.31. The summed E-state index contributed by atoms with van der Waals surface area (Å²) >= 11 is 0. The van der Waals surface area contributed by atoms with Crippen LogP contribution >= 0.6 is 0 Å². The molecule has 152 valence electrons. The largest absolute Gasteiger partial charge is 0.380 e. The molecule has 2 N–H and O–H groups in total. The number of rotatable bonds is 5. The highest BCUT2D eigenvalue weighted by atomic mass is 19.2. The van der Waals surface area contributed by atoms with E-state index >= 15 is 0 Å². The lowest BCUT2D eigenvalue weighted by atomic mass is 9.89. The third-order valence-corrected chi connectivity index (χ3v) is 6.02. The fraction of sp³-hybridized carbons (Fsp3) is 0.476. The van der Waals surface area contributed by atoms with E-state index in [-0.39, 0.29) is 17.7 Å². The molecule has 0 saturated heterocycles. The monoisotopic (exact) mass is 401 g/mol. The quantitative estimate of drug-likeness (QED) is 0.718. The standard InChI is InChI=1S/C21H22F3N5/c22-11-9-14(23)16(15(24)10-11)17-18(27-12-3-1-4-12)19-21(26-8-7-25-19)29-20(17)28-13-5-2-6-13/h7-9,12-13,15H,1-6,10H2,(H2,26,27,28,29). The van der Waals surface area contributed by atoms with E-state index in [1.165, 1.54) is 6.20 Å². The molecule has 2 heterocycles. The van der Waals surface area contributed by atoms with Gasteiger partial charge in [-0.3, -0.25) is 0 Å². The topological polar surface area (TPSA) is 62.7 Å². The molecule has 2 fully saturated rings. The zero-order chi connectivity index (χ0) is 20.0. The van der Waals surface area contributed by atoms with Crippen molar-refractivity contribution in [3.05, 3.63) is 35.7 Å². The predicted octanol–water partition coefficient (Wildman–Crippen LogP) is 5.23. The number of pyridine rings is 1. The molecule has 3 aliphatic carbocycles. The minimum absolute atomic E-state index is 0.171. The third kappa shape index (κ3) is 3.34. The average Bonchev–Trinajstić information content (AvgIpc) is 2.61. The fourth-order valence-electron chi connectivity index (χ4n) is 3.97. The number of hydrogen-bond donors (Lipinski definition) is 2. The number of allylic oxidation sites excluding steroid dienone is 4. The Hall–Kier alpha value is -2.64. The zero-order valence-electron chi connectivity index (χ0n) is 15.9. The summed E-state index contributed by atoms with van der Waals surface area (Å²) in [6.07, 6.45) is 7.69. The van der Waals surface area contributed by atoms with Crippen molar-refractivity contribution < 1.29 is 13.2 Å². The van der Waals surface area contributed by atoms with Crippen molar-refractivity contribution in [3.63, 3.8) is 0 Å². The van der Waals surface area contributed by atoms with Crippen LogP contribution in [0.3, 0.4) is 0 Å². The van der Waals surface area contributed by atoms with Crippen LogP contribution in [0, 0.1) is 0 Å². The smallest absolute Gasteiger partial charge is 0.182 e. The summed E-state index contributed by atoms with van der Waals surface area (Å²) in [5, 5.41) is 6.76. The van der Waals surface area contributed by atoms with E-state index in [0.29, 0.717) is 28.2 Å². The van der Waals surface area contributed by atoms with Gasteiger partial charge in [0.2, 0.25) is 0 Å². The van der Waals surface area contributed by atoms with E-state index < -0.39 is 24.2 Å². The number of halogens is 3. The van der Waals surface area contributed by atoms with Gasteiger partial charge in [-0.2, -0.15) is 0 Å². The lowest BCUT2D eigenvalue weighted by Gasteiger charge is -2.32. The van der Waals surface area contributed by atoms with E-state index in [1.54, 1.807) is 6.20 Å². The van der Waals surface area contributed by atoms with Crippen LogP contribution in [0.25, 0.3) is 16.7 Å².